The predicted molar refractivity (Wildman–Crippen MR) is 129 cm³/mol. The molecule has 3 fully saturated rings. The Morgan fingerprint density at radius 3 is 2.34 bits per heavy atom. The van der Waals surface area contributed by atoms with Crippen LogP contribution in [0.2, 0.25) is 0 Å². The van der Waals surface area contributed by atoms with Gasteiger partial charge in [0, 0.05) is 58.4 Å². The van der Waals surface area contributed by atoms with Crippen LogP contribution in [0.5, 0.6) is 0 Å². The normalized spacial score (nSPS) is 23.1. The first-order valence-corrected chi connectivity index (χ1v) is 12.4. The van der Waals surface area contributed by atoms with Gasteiger partial charge in [-0.25, -0.2) is 0 Å². The summed E-state index contributed by atoms with van der Waals surface area (Å²) in [6.45, 7) is 10.2. The average molecular weight is 444 g/mol. The van der Waals surface area contributed by atoms with E-state index in [0.29, 0.717) is 0 Å². The molecule has 7 nitrogen and oxygen atoms in total. The molecule has 4 rings (SSSR count). The molecule has 7 heteroatoms. The van der Waals surface area contributed by atoms with Crippen LogP contribution < -0.4 is 10.6 Å². The van der Waals surface area contributed by atoms with E-state index in [-0.39, 0.29) is 5.54 Å². The van der Waals surface area contributed by atoms with Gasteiger partial charge in [-0.3, -0.25) is 14.8 Å². The van der Waals surface area contributed by atoms with Crippen molar-refractivity contribution in [1.82, 2.24) is 20.4 Å². The van der Waals surface area contributed by atoms with Crippen molar-refractivity contribution in [2.45, 2.75) is 50.7 Å². The van der Waals surface area contributed by atoms with Crippen LogP contribution in [0.15, 0.2) is 29.3 Å². The monoisotopic (exact) mass is 443 g/mol. The third-order valence-corrected chi connectivity index (χ3v) is 7.24. The van der Waals surface area contributed by atoms with Crippen LogP contribution in [0.3, 0.4) is 0 Å². The zero-order valence-electron chi connectivity index (χ0n) is 19.8. The molecule has 0 amide bonds. The number of rotatable bonds is 7. The summed E-state index contributed by atoms with van der Waals surface area (Å²) in [7, 11) is 1.87. The molecule has 2 heterocycles. The Balaban J connectivity index is 1.30. The third kappa shape index (κ3) is 6.44. The van der Waals surface area contributed by atoms with Gasteiger partial charge in [-0.1, -0.05) is 43.5 Å². The van der Waals surface area contributed by atoms with Gasteiger partial charge >= 0.3 is 0 Å². The number of hydrogen-bond donors (Lipinski definition) is 2. The van der Waals surface area contributed by atoms with Gasteiger partial charge in [-0.15, -0.1) is 0 Å². The summed E-state index contributed by atoms with van der Waals surface area (Å²) in [6.07, 6.45) is 6.53. The summed E-state index contributed by atoms with van der Waals surface area (Å²) in [5, 5.41) is 7.20. The molecule has 2 N–H and O–H groups in total. The second-order valence-corrected chi connectivity index (χ2v) is 9.37. The first-order chi connectivity index (χ1) is 15.8. The molecule has 1 saturated carbocycles. The number of hydrogen-bond acceptors (Lipinski definition) is 5. The van der Waals surface area contributed by atoms with E-state index in [9.17, 15) is 0 Å². The fraction of sp³-hybridized carbons (Fsp3) is 0.720. The Morgan fingerprint density at radius 2 is 1.62 bits per heavy atom. The SMILES string of the molecule is CN=C(NCc1cccc(CN2CCOCC2)c1)NCC1(N2CCOCC2)CCCCC1. The van der Waals surface area contributed by atoms with Gasteiger partial charge in [0.2, 0.25) is 0 Å². The zero-order valence-corrected chi connectivity index (χ0v) is 19.8. The van der Waals surface area contributed by atoms with E-state index in [4.69, 9.17) is 9.47 Å². The molecule has 0 radical (unpaired) electrons. The van der Waals surface area contributed by atoms with Crippen molar-refractivity contribution < 1.29 is 9.47 Å². The van der Waals surface area contributed by atoms with Crippen LogP contribution in [0.4, 0.5) is 0 Å². The number of ether oxygens (including phenoxy) is 2. The molecule has 32 heavy (non-hydrogen) atoms. The quantitative estimate of drug-likeness (QED) is 0.498. The molecule has 0 bridgehead atoms. The van der Waals surface area contributed by atoms with E-state index >= 15 is 0 Å². The van der Waals surface area contributed by atoms with E-state index in [1.807, 2.05) is 7.05 Å². The molecule has 1 aromatic rings. The highest BCUT2D eigenvalue weighted by atomic mass is 16.5. The maximum Gasteiger partial charge on any atom is 0.191 e. The number of guanidine groups is 1. The van der Waals surface area contributed by atoms with Crippen molar-refractivity contribution in [3.63, 3.8) is 0 Å². The van der Waals surface area contributed by atoms with E-state index in [0.717, 1.165) is 78.2 Å². The van der Waals surface area contributed by atoms with Gasteiger partial charge in [0.05, 0.1) is 26.4 Å². The van der Waals surface area contributed by atoms with E-state index in [1.165, 1.54) is 43.2 Å². The van der Waals surface area contributed by atoms with Crippen molar-refractivity contribution in [1.29, 1.82) is 0 Å². The van der Waals surface area contributed by atoms with E-state index in [1.54, 1.807) is 0 Å². The lowest BCUT2D eigenvalue weighted by Gasteiger charge is -2.48. The molecule has 2 saturated heterocycles. The van der Waals surface area contributed by atoms with Crippen LogP contribution in [-0.2, 0) is 22.6 Å². The van der Waals surface area contributed by atoms with Gasteiger partial charge in [-0.05, 0) is 24.0 Å². The van der Waals surface area contributed by atoms with Crippen molar-refractivity contribution >= 4 is 5.96 Å². The lowest BCUT2D eigenvalue weighted by Crippen LogP contribution is -2.60. The lowest BCUT2D eigenvalue weighted by atomic mass is 9.80. The van der Waals surface area contributed by atoms with Crippen molar-refractivity contribution in [2.75, 3.05) is 66.2 Å². The molecular weight excluding hydrogens is 402 g/mol. The summed E-state index contributed by atoms with van der Waals surface area (Å²) in [6, 6.07) is 8.89. The fourth-order valence-corrected chi connectivity index (χ4v) is 5.36. The van der Waals surface area contributed by atoms with Crippen LogP contribution in [0, 0.1) is 0 Å². The van der Waals surface area contributed by atoms with Gasteiger partial charge in [0.15, 0.2) is 5.96 Å². The molecule has 0 unspecified atom stereocenters. The molecule has 0 aromatic heterocycles. The fourth-order valence-electron chi connectivity index (χ4n) is 5.36. The molecule has 178 valence electrons. The number of nitrogens with zero attached hydrogens (tertiary/aromatic N) is 3. The Bertz CT molecular complexity index is 723. The highest BCUT2D eigenvalue weighted by Gasteiger charge is 2.38. The van der Waals surface area contributed by atoms with Crippen LogP contribution in [0.1, 0.15) is 43.2 Å². The number of aliphatic imine (C=N–C) groups is 1. The van der Waals surface area contributed by atoms with Gasteiger partial charge in [0.25, 0.3) is 0 Å². The van der Waals surface area contributed by atoms with Crippen LogP contribution >= 0.6 is 0 Å². The summed E-state index contributed by atoms with van der Waals surface area (Å²) in [5.41, 5.74) is 2.89. The molecular formula is C25H41N5O2. The van der Waals surface area contributed by atoms with E-state index < -0.39 is 0 Å². The zero-order chi connectivity index (χ0) is 22.1. The average Bonchev–Trinajstić information content (AvgIpc) is 2.86. The van der Waals surface area contributed by atoms with Crippen molar-refractivity contribution in [3.8, 4) is 0 Å². The minimum Gasteiger partial charge on any atom is -0.379 e. The predicted octanol–water partition coefficient (Wildman–Crippen LogP) is 2.22. The van der Waals surface area contributed by atoms with Crippen molar-refractivity contribution in [2.24, 2.45) is 4.99 Å². The highest BCUT2D eigenvalue weighted by Crippen LogP contribution is 2.33. The largest absolute Gasteiger partial charge is 0.379 e. The van der Waals surface area contributed by atoms with Gasteiger partial charge < -0.3 is 20.1 Å². The summed E-state index contributed by atoms with van der Waals surface area (Å²) < 4.78 is 11.1. The van der Waals surface area contributed by atoms with Crippen LogP contribution in [0.25, 0.3) is 0 Å². The topological polar surface area (TPSA) is 61.4 Å². The first kappa shape index (κ1) is 23.5. The summed E-state index contributed by atoms with van der Waals surface area (Å²) in [4.78, 5) is 9.64. The maximum atomic E-state index is 5.62. The molecule has 2 aliphatic heterocycles. The van der Waals surface area contributed by atoms with E-state index in [2.05, 4.69) is 49.7 Å². The molecule has 0 spiro atoms. The lowest BCUT2D eigenvalue weighted by molar-refractivity contribution is -0.0352. The van der Waals surface area contributed by atoms with Gasteiger partial charge in [-0.2, -0.15) is 0 Å². The number of benzene rings is 1. The standard InChI is InChI=1S/C25H41N5O2/c1-26-24(28-21-25(8-3-2-4-9-25)30-12-16-32-17-13-30)27-19-22-6-5-7-23(18-22)20-29-10-14-31-15-11-29/h5-7,18H,2-4,8-17,19-21H2,1H3,(H2,26,27,28). The minimum absolute atomic E-state index is 0.234. The molecule has 0 atom stereocenters. The highest BCUT2D eigenvalue weighted by molar-refractivity contribution is 5.79. The Morgan fingerprint density at radius 1 is 0.938 bits per heavy atom. The van der Waals surface area contributed by atoms with Crippen molar-refractivity contribution in [3.05, 3.63) is 35.4 Å². The summed E-state index contributed by atoms with van der Waals surface area (Å²) >= 11 is 0. The number of nitrogens with one attached hydrogen (secondary N) is 2. The minimum atomic E-state index is 0.234. The Hall–Kier alpha value is -1.67. The van der Waals surface area contributed by atoms with Gasteiger partial charge in [0.1, 0.15) is 0 Å². The maximum absolute atomic E-state index is 5.62. The van der Waals surface area contributed by atoms with Crippen LogP contribution in [-0.4, -0.2) is 87.5 Å². The third-order valence-electron chi connectivity index (χ3n) is 7.24. The molecule has 1 aromatic carbocycles. The second kappa shape index (κ2) is 12.0. The second-order valence-electron chi connectivity index (χ2n) is 9.37. The first-order valence-electron chi connectivity index (χ1n) is 12.4. The molecule has 1 aliphatic carbocycles. The summed E-state index contributed by atoms with van der Waals surface area (Å²) in [5.74, 6) is 0.891. The molecule has 3 aliphatic rings. The Kier molecular flexibility index (Phi) is 8.79. The number of morpholine rings is 2. The Labute approximate surface area is 193 Å². The smallest absolute Gasteiger partial charge is 0.191 e.